The molecule has 0 bridgehead atoms. The third kappa shape index (κ3) is 3.28. The molecule has 17 heavy (non-hydrogen) atoms. The summed E-state index contributed by atoms with van der Waals surface area (Å²) in [6.45, 7) is 1.85. The summed E-state index contributed by atoms with van der Waals surface area (Å²) >= 11 is 0. The van der Waals surface area contributed by atoms with E-state index in [1.54, 1.807) is 0 Å². The van der Waals surface area contributed by atoms with Gasteiger partial charge in [-0.1, -0.05) is 24.3 Å². The average Bonchev–Trinajstić information content (AvgIpc) is 2.29. The van der Waals surface area contributed by atoms with Crippen molar-refractivity contribution in [1.82, 2.24) is 0 Å². The summed E-state index contributed by atoms with van der Waals surface area (Å²) in [5, 5.41) is 0. The maximum Gasteiger partial charge on any atom is 0.309 e. The Labute approximate surface area is 100 Å². The molecule has 0 N–H and O–H groups in total. The Morgan fingerprint density at radius 3 is 2.65 bits per heavy atom. The highest BCUT2D eigenvalue weighted by molar-refractivity contribution is 5.72. The SMILES string of the molecule is COC(=O)Cc1ccccc1COC1COC1. The van der Waals surface area contributed by atoms with E-state index >= 15 is 0 Å². The van der Waals surface area contributed by atoms with Crippen LogP contribution in [0.1, 0.15) is 11.1 Å². The van der Waals surface area contributed by atoms with Gasteiger partial charge in [0.2, 0.25) is 0 Å². The van der Waals surface area contributed by atoms with Gasteiger partial charge in [0.25, 0.3) is 0 Å². The number of esters is 1. The first-order chi connectivity index (χ1) is 8.29. The molecule has 1 saturated heterocycles. The maximum atomic E-state index is 11.3. The van der Waals surface area contributed by atoms with Crippen LogP contribution in [0.15, 0.2) is 24.3 Å². The number of hydrogen-bond acceptors (Lipinski definition) is 4. The summed E-state index contributed by atoms with van der Waals surface area (Å²) < 4.78 is 15.3. The van der Waals surface area contributed by atoms with E-state index in [1.807, 2.05) is 24.3 Å². The summed E-state index contributed by atoms with van der Waals surface area (Å²) in [4.78, 5) is 11.3. The van der Waals surface area contributed by atoms with Crippen molar-refractivity contribution in [3.05, 3.63) is 35.4 Å². The molecule has 0 spiro atoms. The minimum atomic E-state index is -0.232. The molecule has 0 saturated carbocycles. The second-order valence-electron chi connectivity index (χ2n) is 3.99. The maximum absolute atomic E-state index is 11.3. The van der Waals surface area contributed by atoms with Crippen molar-refractivity contribution in [2.45, 2.75) is 19.1 Å². The van der Waals surface area contributed by atoms with Crippen molar-refractivity contribution < 1.29 is 19.0 Å². The van der Waals surface area contributed by atoms with E-state index in [0.717, 1.165) is 11.1 Å². The van der Waals surface area contributed by atoms with Gasteiger partial charge >= 0.3 is 5.97 Å². The van der Waals surface area contributed by atoms with Crippen LogP contribution in [0.4, 0.5) is 0 Å². The third-order valence-electron chi connectivity index (χ3n) is 2.76. The molecule has 1 fully saturated rings. The molecule has 1 aromatic rings. The van der Waals surface area contributed by atoms with Gasteiger partial charge in [-0.25, -0.2) is 0 Å². The van der Waals surface area contributed by atoms with Crippen LogP contribution >= 0.6 is 0 Å². The van der Waals surface area contributed by atoms with Gasteiger partial charge in [0.1, 0.15) is 6.10 Å². The number of rotatable bonds is 5. The van der Waals surface area contributed by atoms with Gasteiger partial charge in [0.05, 0.1) is 33.4 Å². The number of carbonyl (C=O) groups is 1. The fraction of sp³-hybridized carbons (Fsp3) is 0.462. The van der Waals surface area contributed by atoms with E-state index in [1.165, 1.54) is 7.11 Å². The van der Waals surface area contributed by atoms with E-state index in [2.05, 4.69) is 4.74 Å². The van der Waals surface area contributed by atoms with Crippen LogP contribution in [0.2, 0.25) is 0 Å². The Bertz CT molecular complexity index is 385. The smallest absolute Gasteiger partial charge is 0.309 e. The van der Waals surface area contributed by atoms with Crippen molar-refractivity contribution >= 4 is 5.97 Å². The van der Waals surface area contributed by atoms with Crippen molar-refractivity contribution in [3.63, 3.8) is 0 Å². The van der Waals surface area contributed by atoms with Crippen LogP contribution in [0.25, 0.3) is 0 Å². The van der Waals surface area contributed by atoms with E-state index < -0.39 is 0 Å². The van der Waals surface area contributed by atoms with Crippen LogP contribution in [-0.4, -0.2) is 32.4 Å². The molecule has 0 radical (unpaired) electrons. The fourth-order valence-electron chi connectivity index (χ4n) is 1.62. The molecule has 0 amide bonds. The molecule has 2 rings (SSSR count). The van der Waals surface area contributed by atoms with Gasteiger partial charge in [-0.3, -0.25) is 4.79 Å². The standard InChI is InChI=1S/C13H16O4/c1-15-13(14)6-10-4-2-3-5-11(10)7-17-12-8-16-9-12/h2-5,12H,6-9H2,1H3. The van der Waals surface area contributed by atoms with Gasteiger partial charge in [0, 0.05) is 0 Å². The quantitative estimate of drug-likeness (QED) is 0.723. The summed E-state index contributed by atoms with van der Waals surface area (Å²) in [6, 6.07) is 7.75. The Morgan fingerprint density at radius 1 is 1.35 bits per heavy atom. The second kappa shape index (κ2) is 5.80. The molecule has 4 heteroatoms. The molecule has 1 aliphatic heterocycles. The lowest BCUT2D eigenvalue weighted by Crippen LogP contribution is -2.35. The Balaban J connectivity index is 1.96. The number of methoxy groups -OCH3 is 1. The zero-order chi connectivity index (χ0) is 12.1. The zero-order valence-electron chi connectivity index (χ0n) is 9.85. The Morgan fingerprint density at radius 2 is 2.06 bits per heavy atom. The number of carbonyl (C=O) groups excluding carboxylic acids is 1. The summed E-state index contributed by atoms with van der Waals surface area (Å²) in [5.74, 6) is -0.232. The number of hydrogen-bond donors (Lipinski definition) is 0. The van der Waals surface area contributed by atoms with E-state index in [0.29, 0.717) is 19.8 Å². The highest BCUT2D eigenvalue weighted by atomic mass is 16.6. The van der Waals surface area contributed by atoms with Crippen LogP contribution < -0.4 is 0 Å². The minimum absolute atomic E-state index is 0.196. The topological polar surface area (TPSA) is 44.8 Å². The van der Waals surface area contributed by atoms with Crippen molar-refractivity contribution in [2.24, 2.45) is 0 Å². The number of ether oxygens (including phenoxy) is 3. The van der Waals surface area contributed by atoms with Crippen molar-refractivity contribution in [2.75, 3.05) is 20.3 Å². The molecule has 1 aliphatic rings. The molecule has 0 atom stereocenters. The highest BCUT2D eigenvalue weighted by Gasteiger charge is 2.19. The lowest BCUT2D eigenvalue weighted by atomic mass is 10.1. The van der Waals surface area contributed by atoms with Crippen molar-refractivity contribution in [3.8, 4) is 0 Å². The van der Waals surface area contributed by atoms with Crippen LogP contribution in [-0.2, 0) is 32.0 Å². The van der Waals surface area contributed by atoms with Gasteiger partial charge < -0.3 is 14.2 Å². The normalized spacial score (nSPS) is 15.4. The molecule has 0 aromatic heterocycles. The van der Waals surface area contributed by atoms with Crippen LogP contribution in [0.5, 0.6) is 0 Å². The molecule has 92 valence electrons. The minimum Gasteiger partial charge on any atom is -0.469 e. The first-order valence-corrected chi connectivity index (χ1v) is 5.62. The van der Waals surface area contributed by atoms with Gasteiger partial charge in [-0.15, -0.1) is 0 Å². The molecule has 1 aromatic carbocycles. The molecule has 0 unspecified atom stereocenters. The lowest BCUT2D eigenvalue weighted by Gasteiger charge is -2.26. The average molecular weight is 236 g/mol. The predicted molar refractivity (Wildman–Crippen MR) is 61.6 cm³/mol. The first-order valence-electron chi connectivity index (χ1n) is 5.62. The van der Waals surface area contributed by atoms with E-state index in [9.17, 15) is 4.79 Å². The molecule has 4 nitrogen and oxygen atoms in total. The Hall–Kier alpha value is -1.39. The molecular weight excluding hydrogens is 220 g/mol. The molecular formula is C13H16O4. The van der Waals surface area contributed by atoms with Gasteiger partial charge in [-0.2, -0.15) is 0 Å². The molecule has 0 aliphatic carbocycles. The lowest BCUT2D eigenvalue weighted by molar-refractivity contribution is -0.140. The van der Waals surface area contributed by atoms with Crippen LogP contribution in [0, 0.1) is 0 Å². The summed E-state index contributed by atoms with van der Waals surface area (Å²) in [6.07, 6.45) is 0.484. The number of benzene rings is 1. The van der Waals surface area contributed by atoms with E-state index in [4.69, 9.17) is 9.47 Å². The zero-order valence-corrected chi connectivity index (χ0v) is 9.85. The highest BCUT2D eigenvalue weighted by Crippen LogP contribution is 2.14. The second-order valence-corrected chi connectivity index (χ2v) is 3.99. The molecule has 1 heterocycles. The van der Waals surface area contributed by atoms with Gasteiger partial charge in [0.15, 0.2) is 0 Å². The van der Waals surface area contributed by atoms with Crippen LogP contribution in [0.3, 0.4) is 0 Å². The third-order valence-corrected chi connectivity index (χ3v) is 2.76. The monoisotopic (exact) mass is 236 g/mol. The Kier molecular flexibility index (Phi) is 4.12. The summed E-state index contributed by atoms with van der Waals surface area (Å²) in [5.41, 5.74) is 1.99. The predicted octanol–water partition coefficient (Wildman–Crippen LogP) is 1.32. The fourth-order valence-corrected chi connectivity index (χ4v) is 1.62. The van der Waals surface area contributed by atoms with Gasteiger partial charge in [-0.05, 0) is 11.1 Å². The largest absolute Gasteiger partial charge is 0.469 e. The van der Waals surface area contributed by atoms with E-state index in [-0.39, 0.29) is 18.5 Å². The summed E-state index contributed by atoms with van der Waals surface area (Å²) in [7, 11) is 1.40. The van der Waals surface area contributed by atoms with Crippen molar-refractivity contribution in [1.29, 1.82) is 0 Å². The first kappa shape index (κ1) is 12.1.